The van der Waals surface area contributed by atoms with Crippen molar-refractivity contribution in [3.8, 4) is 0 Å². The van der Waals surface area contributed by atoms with Crippen LogP contribution in [0.5, 0.6) is 0 Å². The first kappa shape index (κ1) is 13.7. The summed E-state index contributed by atoms with van der Waals surface area (Å²) in [5, 5.41) is 8.39. The van der Waals surface area contributed by atoms with Gasteiger partial charge < -0.3 is 9.84 Å². The fourth-order valence-electron chi connectivity index (χ4n) is 1.07. The van der Waals surface area contributed by atoms with E-state index in [1.165, 1.54) is 0 Å². The monoisotopic (exact) mass is 214 g/mol. The van der Waals surface area contributed by atoms with Crippen molar-refractivity contribution in [2.75, 3.05) is 6.61 Å². The zero-order chi connectivity index (χ0) is 11.7. The minimum absolute atomic E-state index is 0.187. The molecule has 1 N–H and O–H groups in total. The molecule has 15 heavy (non-hydrogen) atoms. The van der Waals surface area contributed by atoms with E-state index in [-0.39, 0.29) is 12.4 Å². The molecule has 0 spiro atoms. The lowest BCUT2D eigenvalue weighted by atomic mass is 10.1. The summed E-state index contributed by atoms with van der Waals surface area (Å²) in [5.74, 6) is -1.07. The fraction of sp³-hybridized carbons (Fsp3) is 0.636. The van der Waals surface area contributed by atoms with Gasteiger partial charge in [-0.05, 0) is 33.1 Å². The molecule has 0 amide bonds. The first-order valence-electron chi connectivity index (χ1n) is 5.13. The Morgan fingerprint density at radius 1 is 1.33 bits per heavy atom. The predicted molar refractivity (Wildman–Crippen MR) is 56.5 cm³/mol. The van der Waals surface area contributed by atoms with Gasteiger partial charge in [0.2, 0.25) is 0 Å². The summed E-state index contributed by atoms with van der Waals surface area (Å²) < 4.78 is 4.80. The van der Waals surface area contributed by atoms with E-state index in [1.807, 2.05) is 0 Å². The highest BCUT2D eigenvalue weighted by atomic mass is 16.5. The molecule has 0 atom stereocenters. The van der Waals surface area contributed by atoms with Crippen LogP contribution in [-0.2, 0) is 14.3 Å². The summed E-state index contributed by atoms with van der Waals surface area (Å²) >= 11 is 0. The van der Waals surface area contributed by atoms with Gasteiger partial charge in [0.25, 0.3) is 0 Å². The predicted octanol–water partition coefficient (Wildman–Crippen LogP) is 2.14. The van der Waals surface area contributed by atoms with Crippen molar-refractivity contribution < 1.29 is 19.4 Å². The highest BCUT2D eigenvalue weighted by Gasteiger charge is 2.03. The van der Waals surface area contributed by atoms with Crippen molar-refractivity contribution in [3.05, 3.63) is 11.6 Å². The van der Waals surface area contributed by atoms with Gasteiger partial charge in [-0.3, -0.25) is 4.79 Å². The van der Waals surface area contributed by atoms with E-state index in [9.17, 15) is 9.59 Å². The molecule has 86 valence electrons. The van der Waals surface area contributed by atoms with E-state index in [0.29, 0.717) is 18.6 Å². The largest absolute Gasteiger partial charge is 0.481 e. The van der Waals surface area contributed by atoms with Crippen LogP contribution in [0.15, 0.2) is 11.6 Å². The molecule has 0 aromatic heterocycles. The smallest absolute Gasteiger partial charge is 0.333 e. The number of esters is 1. The summed E-state index contributed by atoms with van der Waals surface area (Å²) in [5.41, 5.74) is 0.590. The molecule has 0 heterocycles. The molecule has 0 fully saturated rings. The molecule has 0 aromatic carbocycles. The van der Waals surface area contributed by atoms with Crippen LogP contribution in [-0.4, -0.2) is 23.7 Å². The Hall–Kier alpha value is -1.32. The molecular weight excluding hydrogens is 196 g/mol. The van der Waals surface area contributed by atoms with Crippen molar-refractivity contribution in [1.29, 1.82) is 0 Å². The Balaban J connectivity index is 3.66. The third kappa shape index (κ3) is 7.73. The van der Waals surface area contributed by atoms with Gasteiger partial charge in [-0.1, -0.05) is 6.08 Å². The van der Waals surface area contributed by atoms with Crippen LogP contribution in [0.3, 0.4) is 0 Å². The van der Waals surface area contributed by atoms with Crippen molar-refractivity contribution in [1.82, 2.24) is 0 Å². The number of hydrogen-bond acceptors (Lipinski definition) is 3. The number of carbonyl (C=O) groups is 2. The molecule has 0 saturated carbocycles. The third-order valence-corrected chi connectivity index (χ3v) is 1.89. The first-order chi connectivity index (χ1) is 7.07. The van der Waals surface area contributed by atoms with Gasteiger partial charge in [0.05, 0.1) is 6.61 Å². The second kappa shape index (κ2) is 8.03. The van der Waals surface area contributed by atoms with Crippen LogP contribution in [0, 0.1) is 0 Å². The van der Waals surface area contributed by atoms with Crippen LogP contribution in [0.2, 0.25) is 0 Å². The van der Waals surface area contributed by atoms with Gasteiger partial charge in [0.15, 0.2) is 0 Å². The van der Waals surface area contributed by atoms with E-state index in [2.05, 4.69) is 0 Å². The topological polar surface area (TPSA) is 63.6 Å². The van der Waals surface area contributed by atoms with E-state index in [0.717, 1.165) is 12.8 Å². The number of carboxylic acid groups (broad SMARTS) is 1. The summed E-state index contributed by atoms with van der Waals surface area (Å²) in [4.78, 5) is 21.3. The van der Waals surface area contributed by atoms with Crippen molar-refractivity contribution in [3.63, 3.8) is 0 Å². The number of hydrogen-bond donors (Lipinski definition) is 1. The molecule has 0 aliphatic carbocycles. The van der Waals surface area contributed by atoms with E-state index >= 15 is 0 Å². The third-order valence-electron chi connectivity index (χ3n) is 1.89. The first-order valence-corrected chi connectivity index (χ1v) is 5.13. The van der Waals surface area contributed by atoms with Crippen LogP contribution in [0.4, 0.5) is 0 Å². The number of carboxylic acids is 1. The molecule has 0 bridgehead atoms. The molecule has 0 unspecified atom stereocenters. The van der Waals surface area contributed by atoms with Gasteiger partial charge in [-0.15, -0.1) is 0 Å². The van der Waals surface area contributed by atoms with E-state index in [4.69, 9.17) is 9.84 Å². The van der Waals surface area contributed by atoms with Crippen molar-refractivity contribution in [2.24, 2.45) is 0 Å². The Bertz CT molecular complexity index is 243. The Labute approximate surface area is 89.9 Å². The second-order valence-corrected chi connectivity index (χ2v) is 3.25. The fourth-order valence-corrected chi connectivity index (χ4v) is 1.07. The van der Waals surface area contributed by atoms with Gasteiger partial charge in [0.1, 0.15) is 0 Å². The summed E-state index contributed by atoms with van der Waals surface area (Å²) in [6, 6.07) is 0. The molecule has 4 nitrogen and oxygen atoms in total. The average molecular weight is 214 g/mol. The van der Waals surface area contributed by atoms with Gasteiger partial charge in [-0.2, -0.15) is 0 Å². The quantitative estimate of drug-likeness (QED) is 0.400. The zero-order valence-electron chi connectivity index (χ0n) is 9.28. The SMILES string of the molecule is CCOC(=O)/C(C)=C/CCCCC(=O)O. The lowest BCUT2D eigenvalue weighted by molar-refractivity contribution is -0.139. The zero-order valence-corrected chi connectivity index (χ0v) is 9.28. The maximum Gasteiger partial charge on any atom is 0.333 e. The standard InChI is InChI=1S/C11H18O4/c1-3-15-11(14)9(2)7-5-4-6-8-10(12)13/h7H,3-6,8H2,1-2H3,(H,12,13)/b9-7+. The van der Waals surface area contributed by atoms with Crippen LogP contribution < -0.4 is 0 Å². The summed E-state index contributed by atoms with van der Waals surface area (Å²) in [7, 11) is 0. The van der Waals surface area contributed by atoms with Gasteiger partial charge in [0, 0.05) is 12.0 Å². The molecule has 0 rings (SSSR count). The molecule has 0 saturated heterocycles. The van der Waals surface area contributed by atoms with Gasteiger partial charge in [-0.25, -0.2) is 4.79 Å². The number of ether oxygens (including phenoxy) is 1. The number of unbranched alkanes of at least 4 members (excludes halogenated alkanes) is 2. The Morgan fingerprint density at radius 3 is 2.53 bits per heavy atom. The Morgan fingerprint density at radius 2 is 2.00 bits per heavy atom. The van der Waals surface area contributed by atoms with Crippen LogP contribution in [0.25, 0.3) is 0 Å². The van der Waals surface area contributed by atoms with E-state index < -0.39 is 5.97 Å². The molecule has 0 aliphatic rings. The summed E-state index contributed by atoms with van der Waals surface area (Å²) in [6.45, 7) is 3.84. The maximum absolute atomic E-state index is 11.1. The molecule has 0 radical (unpaired) electrons. The minimum Gasteiger partial charge on any atom is -0.481 e. The number of rotatable bonds is 7. The van der Waals surface area contributed by atoms with Gasteiger partial charge >= 0.3 is 11.9 Å². The highest BCUT2D eigenvalue weighted by molar-refractivity contribution is 5.87. The second-order valence-electron chi connectivity index (χ2n) is 3.25. The number of aliphatic carboxylic acids is 1. The number of allylic oxidation sites excluding steroid dienone is 1. The molecule has 0 aromatic rings. The summed E-state index contributed by atoms with van der Waals surface area (Å²) in [6.07, 6.45) is 4.12. The Kier molecular flexibility index (Phi) is 7.32. The maximum atomic E-state index is 11.1. The molecule has 4 heteroatoms. The lowest BCUT2D eigenvalue weighted by Crippen LogP contribution is -2.04. The van der Waals surface area contributed by atoms with Crippen LogP contribution in [0.1, 0.15) is 39.5 Å². The average Bonchev–Trinajstić information content (AvgIpc) is 2.16. The minimum atomic E-state index is -0.777. The lowest BCUT2D eigenvalue weighted by Gasteiger charge is -2.01. The number of carbonyl (C=O) groups excluding carboxylic acids is 1. The van der Waals surface area contributed by atoms with E-state index in [1.54, 1.807) is 19.9 Å². The normalized spacial score (nSPS) is 11.2. The molecular formula is C11H18O4. The van der Waals surface area contributed by atoms with Crippen molar-refractivity contribution in [2.45, 2.75) is 39.5 Å². The molecule has 0 aliphatic heterocycles. The highest BCUT2D eigenvalue weighted by Crippen LogP contribution is 2.05. The van der Waals surface area contributed by atoms with Crippen LogP contribution >= 0.6 is 0 Å². The van der Waals surface area contributed by atoms with Crippen molar-refractivity contribution >= 4 is 11.9 Å².